The van der Waals surface area contributed by atoms with E-state index in [2.05, 4.69) is 12.2 Å². The predicted molar refractivity (Wildman–Crippen MR) is 92.4 cm³/mol. The maximum atomic E-state index is 12.3. The molecule has 0 radical (unpaired) electrons. The second kappa shape index (κ2) is 6.28. The molecular formula is C20H33NO3. The van der Waals surface area contributed by atoms with Crippen LogP contribution in [0.1, 0.15) is 64.7 Å². The lowest BCUT2D eigenvalue weighted by molar-refractivity contribution is -0.144. The lowest BCUT2D eigenvalue weighted by atomic mass is 9.79. The molecule has 1 aliphatic heterocycles. The Morgan fingerprint density at radius 3 is 2.71 bits per heavy atom. The molecule has 4 rings (SSSR count). The number of carbonyl (C=O) groups excluding carboxylic acids is 1. The van der Waals surface area contributed by atoms with Gasteiger partial charge in [-0.05, 0) is 74.5 Å². The van der Waals surface area contributed by atoms with E-state index in [0.717, 1.165) is 18.8 Å². The van der Waals surface area contributed by atoms with Gasteiger partial charge in [-0.1, -0.05) is 6.92 Å². The van der Waals surface area contributed by atoms with Crippen molar-refractivity contribution in [1.82, 2.24) is 5.32 Å². The first-order valence-corrected chi connectivity index (χ1v) is 10.1. The molecular weight excluding hydrogens is 302 g/mol. The van der Waals surface area contributed by atoms with Gasteiger partial charge in [-0.3, -0.25) is 4.79 Å². The van der Waals surface area contributed by atoms with Crippen molar-refractivity contribution in [2.24, 2.45) is 28.6 Å². The molecule has 4 fully saturated rings. The SMILES string of the molecule is CC1(CCC2CC3OC(=O)C(CNCCO)C3CCC23CC3)CC1. The summed E-state index contributed by atoms with van der Waals surface area (Å²) in [6.07, 6.45) is 12.0. The summed E-state index contributed by atoms with van der Waals surface area (Å²) in [5.41, 5.74) is 1.22. The summed E-state index contributed by atoms with van der Waals surface area (Å²) in [6, 6.07) is 0. The zero-order valence-corrected chi connectivity index (χ0v) is 15.1. The van der Waals surface area contributed by atoms with E-state index >= 15 is 0 Å². The van der Waals surface area contributed by atoms with E-state index in [-0.39, 0.29) is 24.6 Å². The first-order valence-electron chi connectivity index (χ1n) is 10.1. The Morgan fingerprint density at radius 1 is 1.25 bits per heavy atom. The topological polar surface area (TPSA) is 58.6 Å². The molecule has 3 aliphatic carbocycles. The summed E-state index contributed by atoms with van der Waals surface area (Å²) in [6.45, 7) is 3.78. The fraction of sp³-hybridized carbons (Fsp3) is 0.950. The van der Waals surface area contributed by atoms with Gasteiger partial charge in [0.25, 0.3) is 0 Å². The van der Waals surface area contributed by atoms with Crippen molar-refractivity contribution in [3.63, 3.8) is 0 Å². The normalized spacial score (nSPS) is 38.5. The number of aliphatic hydroxyl groups is 1. The Morgan fingerprint density at radius 2 is 2.04 bits per heavy atom. The highest BCUT2D eigenvalue weighted by Gasteiger charge is 2.56. The van der Waals surface area contributed by atoms with Gasteiger partial charge in [0.1, 0.15) is 6.10 Å². The van der Waals surface area contributed by atoms with Gasteiger partial charge in [-0.15, -0.1) is 0 Å². The molecule has 1 spiro atoms. The molecule has 0 bridgehead atoms. The standard InChI is InChI=1S/C20H33NO3/c1-19(6-7-19)4-2-14-12-17-15(3-5-20(14)8-9-20)16(18(23)24-17)13-21-10-11-22/h14-17,21-22H,2-13H2,1H3. The van der Waals surface area contributed by atoms with Crippen LogP contribution in [0.15, 0.2) is 0 Å². The average molecular weight is 335 g/mol. The van der Waals surface area contributed by atoms with Crippen molar-refractivity contribution in [3.05, 3.63) is 0 Å². The van der Waals surface area contributed by atoms with Crippen LogP contribution in [-0.2, 0) is 9.53 Å². The monoisotopic (exact) mass is 335 g/mol. The lowest BCUT2D eigenvalue weighted by Gasteiger charge is -2.27. The van der Waals surface area contributed by atoms with Gasteiger partial charge in [0.15, 0.2) is 0 Å². The van der Waals surface area contributed by atoms with E-state index in [4.69, 9.17) is 9.84 Å². The average Bonchev–Trinajstić information content (AvgIpc) is 3.47. The second-order valence-corrected chi connectivity index (χ2v) is 9.36. The van der Waals surface area contributed by atoms with Crippen molar-refractivity contribution < 1.29 is 14.6 Å². The summed E-state index contributed by atoms with van der Waals surface area (Å²) < 4.78 is 5.85. The van der Waals surface area contributed by atoms with Gasteiger partial charge >= 0.3 is 5.97 Å². The highest BCUT2D eigenvalue weighted by Crippen LogP contribution is 2.63. The van der Waals surface area contributed by atoms with Crippen molar-refractivity contribution in [1.29, 1.82) is 0 Å². The van der Waals surface area contributed by atoms with Gasteiger partial charge in [0.2, 0.25) is 0 Å². The number of esters is 1. The fourth-order valence-electron chi connectivity index (χ4n) is 5.36. The summed E-state index contributed by atoms with van der Waals surface area (Å²) in [5.74, 6) is 1.15. The van der Waals surface area contributed by atoms with Crippen molar-refractivity contribution in [3.8, 4) is 0 Å². The molecule has 4 unspecified atom stereocenters. The number of fused-ring (bicyclic) bond motifs is 1. The van der Waals surface area contributed by atoms with E-state index in [1.54, 1.807) is 0 Å². The van der Waals surface area contributed by atoms with Crippen LogP contribution in [0.5, 0.6) is 0 Å². The number of carbonyl (C=O) groups is 1. The number of rotatable bonds is 7. The molecule has 24 heavy (non-hydrogen) atoms. The number of hydrogen-bond acceptors (Lipinski definition) is 4. The summed E-state index contributed by atoms with van der Waals surface area (Å²) in [5, 5.41) is 12.2. The third kappa shape index (κ3) is 3.24. The molecule has 4 atom stereocenters. The molecule has 0 aromatic heterocycles. The van der Waals surface area contributed by atoms with E-state index < -0.39 is 0 Å². The maximum Gasteiger partial charge on any atom is 0.310 e. The predicted octanol–water partition coefficient (Wildman–Crippen LogP) is 2.89. The van der Waals surface area contributed by atoms with E-state index in [1.165, 1.54) is 44.9 Å². The zero-order valence-electron chi connectivity index (χ0n) is 15.1. The highest BCUT2D eigenvalue weighted by molar-refractivity contribution is 5.75. The van der Waals surface area contributed by atoms with Gasteiger partial charge in [0, 0.05) is 19.0 Å². The van der Waals surface area contributed by atoms with Crippen LogP contribution in [0, 0.1) is 28.6 Å². The third-order valence-electron chi connectivity index (χ3n) is 7.67. The summed E-state index contributed by atoms with van der Waals surface area (Å²) >= 11 is 0. The smallest absolute Gasteiger partial charge is 0.310 e. The second-order valence-electron chi connectivity index (χ2n) is 9.36. The minimum absolute atomic E-state index is 0.00273. The maximum absolute atomic E-state index is 12.3. The molecule has 2 N–H and O–H groups in total. The molecule has 136 valence electrons. The highest BCUT2D eigenvalue weighted by atomic mass is 16.6. The first-order chi connectivity index (χ1) is 11.6. The molecule has 0 amide bonds. The third-order valence-corrected chi connectivity index (χ3v) is 7.67. The number of nitrogens with one attached hydrogen (secondary N) is 1. The number of ether oxygens (including phenoxy) is 1. The number of aliphatic hydroxyl groups excluding tert-OH is 1. The van der Waals surface area contributed by atoms with Crippen LogP contribution in [-0.4, -0.2) is 36.9 Å². The van der Waals surface area contributed by atoms with Crippen LogP contribution in [0.3, 0.4) is 0 Å². The van der Waals surface area contributed by atoms with Gasteiger partial charge in [-0.2, -0.15) is 0 Å². The Hall–Kier alpha value is -0.610. The molecule has 4 nitrogen and oxygen atoms in total. The van der Waals surface area contributed by atoms with E-state index in [0.29, 0.717) is 29.8 Å². The van der Waals surface area contributed by atoms with Gasteiger partial charge < -0.3 is 15.2 Å². The number of hydrogen-bond donors (Lipinski definition) is 2. The van der Waals surface area contributed by atoms with E-state index in [1.807, 2.05) is 0 Å². The molecule has 3 saturated carbocycles. The molecule has 0 aromatic carbocycles. The van der Waals surface area contributed by atoms with Gasteiger partial charge in [0.05, 0.1) is 12.5 Å². The van der Waals surface area contributed by atoms with Crippen LogP contribution >= 0.6 is 0 Å². The van der Waals surface area contributed by atoms with E-state index in [9.17, 15) is 4.79 Å². The largest absolute Gasteiger partial charge is 0.462 e. The van der Waals surface area contributed by atoms with Gasteiger partial charge in [-0.25, -0.2) is 0 Å². The van der Waals surface area contributed by atoms with Crippen LogP contribution in [0.2, 0.25) is 0 Å². The Labute approximate surface area is 145 Å². The van der Waals surface area contributed by atoms with Crippen LogP contribution in [0.25, 0.3) is 0 Å². The Balaban J connectivity index is 1.40. The van der Waals surface area contributed by atoms with Crippen molar-refractivity contribution in [2.45, 2.75) is 70.8 Å². The van der Waals surface area contributed by atoms with Crippen molar-refractivity contribution >= 4 is 5.97 Å². The molecule has 0 aromatic rings. The molecule has 1 saturated heterocycles. The Bertz CT molecular complexity index is 483. The lowest BCUT2D eigenvalue weighted by Crippen LogP contribution is -2.32. The van der Waals surface area contributed by atoms with Crippen LogP contribution < -0.4 is 5.32 Å². The van der Waals surface area contributed by atoms with Crippen molar-refractivity contribution in [2.75, 3.05) is 19.7 Å². The van der Waals surface area contributed by atoms with Crippen LogP contribution in [0.4, 0.5) is 0 Å². The minimum atomic E-state index is -0.00454. The quantitative estimate of drug-likeness (QED) is 0.555. The summed E-state index contributed by atoms with van der Waals surface area (Å²) in [7, 11) is 0. The minimum Gasteiger partial charge on any atom is -0.462 e. The zero-order chi connectivity index (χ0) is 16.8. The molecule has 1 heterocycles. The first kappa shape index (κ1) is 16.8. The molecule has 4 aliphatic rings. The Kier molecular flexibility index (Phi) is 4.41. The summed E-state index contributed by atoms with van der Waals surface area (Å²) in [4.78, 5) is 12.3. The fourth-order valence-corrected chi connectivity index (χ4v) is 5.36. The molecule has 4 heteroatoms.